The van der Waals surface area contributed by atoms with Crippen LogP contribution in [0.5, 0.6) is 0 Å². The Morgan fingerprint density at radius 1 is 0.875 bits per heavy atom. The van der Waals surface area contributed by atoms with Gasteiger partial charge in [-0.2, -0.15) is 0 Å². The average Bonchev–Trinajstić information content (AvgIpc) is 2.59. The number of esters is 1. The van der Waals surface area contributed by atoms with E-state index >= 15 is 0 Å². The van der Waals surface area contributed by atoms with Gasteiger partial charge in [0.15, 0.2) is 0 Å². The molecule has 3 heteroatoms. The lowest BCUT2D eigenvalue weighted by Crippen LogP contribution is -2.15. The van der Waals surface area contributed by atoms with Crippen LogP contribution in [-0.4, -0.2) is 26.7 Å². The lowest BCUT2D eigenvalue weighted by Gasteiger charge is -2.16. The molecule has 1 rings (SSSR count). The molecule has 0 spiro atoms. The molecule has 0 atom stereocenters. The summed E-state index contributed by atoms with van der Waals surface area (Å²) in [5.41, 5.74) is 1.56. The van der Waals surface area contributed by atoms with Gasteiger partial charge in [0.25, 0.3) is 0 Å². The molecule has 24 heavy (non-hydrogen) atoms. The Hall–Kier alpha value is -1.51. The van der Waals surface area contributed by atoms with Crippen LogP contribution in [0.2, 0.25) is 0 Å². The number of unbranched alkanes of at least 4 members (excludes halogenated alkanes) is 9. The minimum atomic E-state index is -0.213. The van der Waals surface area contributed by atoms with Crippen molar-refractivity contribution in [2.75, 3.05) is 25.6 Å². The Morgan fingerprint density at radius 3 is 2.00 bits per heavy atom. The van der Waals surface area contributed by atoms with Gasteiger partial charge in [-0.05, 0) is 18.6 Å². The Labute approximate surface area is 148 Å². The van der Waals surface area contributed by atoms with E-state index in [4.69, 9.17) is 4.74 Å². The molecular formula is C21H35NO2. The zero-order valence-corrected chi connectivity index (χ0v) is 15.9. The van der Waals surface area contributed by atoms with Gasteiger partial charge in [-0.3, -0.25) is 0 Å². The van der Waals surface area contributed by atoms with E-state index in [1.54, 1.807) is 0 Å². The third kappa shape index (κ3) is 8.37. The van der Waals surface area contributed by atoms with Crippen molar-refractivity contribution in [3.63, 3.8) is 0 Å². The van der Waals surface area contributed by atoms with Crippen molar-refractivity contribution < 1.29 is 9.53 Å². The van der Waals surface area contributed by atoms with E-state index in [2.05, 4.69) is 6.92 Å². The van der Waals surface area contributed by atoms with E-state index in [-0.39, 0.29) is 5.97 Å². The van der Waals surface area contributed by atoms with Crippen LogP contribution in [0, 0.1) is 0 Å². The maximum absolute atomic E-state index is 12.2. The van der Waals surface area contributed by atoms with E-state index in [1.165, 1.54) is 51.4 Å². The smallest absolute Gasteiger partial charge is 0.340 e. The lowest BCUT2D eigenvalue weighted by atomic mass is 10.1. The zero-order chi connectivity index (χ0) is 17.6. The molecule has 0 aliphatic heterocycles. The fourth-order valence-corrected chi connectivity index (χ4v) is 2.87. The molecule has 0 radical (unpaired) electrons. The number of anilines is 1. The van der Waals surface area contributed by atoms with E-state index < -0.39 is 0 Å². The van der Waals surface area contributed by atoms with Gasteiger partial charge in [-0.25, -0.2) is 4.79 Å². The number of para-hydroxylation sites is 1. The molecule has 0 amide bonds. The number of hydrogen-bond acceptors (Lipinski definition) is 3. The van der Waals surface area contributed by atoms with Crippen molar-refractivity contribution >= 4 is 11.7 Å². The largest absolute Gasteiger partial charge is 0.462 e. The van der Waals surface area contributed by atoms with Gasteiger partial charge >= 0.3 is 5.97 Å². The number of nitrogens with zero attached hydrogens (tertiary/aromatic N) is 1. The van der Waals surface area contributed by atoms with E-state index in [0.717, 1.165) is 18.5 Å². The molecule has 0 N–H and O–H groups in total. The van der Waals surface area contributed by atoms with Gasteiger partial charge in [-0.15, -0.1) is 0 Å². The highest BCUT2D eigenvalue weighted by Gasteiger charge is 2.13. The van der Waals surface area contributed by atoms with E-state index in [0.29, 0.717) is 12.2 Å². The molecule has 0 heterocycles. The molecule has 0 aromatic heterocycles. The molecule has 0 aliphatic rings. The minimum absolute atomic E-state index is 0.213. The average molecular weight is 334 g/mol. The topological polar surface area (TPSA) is 29.5 Å². The molecule has 0 fully saturated rings. The van der Waals surface area contributed by atoms with Crippen LogP contribution in [0.3, 0.4) is 0 Å². The normalized spacial score (nSPS) is 10.6. The van der Waals surface area contributed by atoms with Gasteiger partial charge in [-0.1, -0.05) is 76.8 Å². The third-order valence-corrected chi connectivity index (χ3v) is 4.34. The van der Waals surface area contributed by atoms with Crippen LogP contribution < -0.4 is 4.90 Å². The lowest BCUT2D eigenvalue weighted by molar-refractivity contribution is 0.0498. The molecule has 1 aromatic carbocycles. The molecule has 136 valence electrons. The van der Waals surface area contributed by atoms with E-state index in [1.807, 2.05) is 43.3 Å². The van der Waals surface area contributed by atoms with Crippen LogP contribution in [0.4, 0.5) is 5.69 Å². The number of rotatable bonds is 13. The van der Waals surface area contributed by atoms with Crippen molar-refractivity contribution in [3.8, 4) is 0 Å². The molecule has 0 bridgehead atoms. The summed E-state index contributed by atoms with van der Waals surface area (Å²) in [4.78, 5) is 14.1. The summed E-state index contributed by atoms with van der Waals surface area (Å²) in [7, 11) is 3.88. The maximum Gasteiger partial charge on any atom is 0.340 e. The number of hydrogen-bond donors (Lipinski definition) is 0. The number of ether oxygens (including phenoxy) is 1. The second-order valence-corrected chi connectivity index (χ2v) is 6.73. The Kier molecular flexibility index (Phi) is 11.0. The maximum atomic E-state index is 12.2. The molecule has 0 unspecified atom stereocenters. The van der Waals surface area contributed by atoms with Gasteiger partial charge < -0.3 is 9.64 Å². The molecule has 0 saturated carbocycles. The molecule has 0 aliphatic carbocycles. The van der Waals surface area contributed by atoms with Crippen LogP contribution in [0.15, 0.2) is 24.3 Å². The fraction of sp³-hybridized carbons (Fsp3) is 0.667. The highest BCUT2D eigenvalue weighted by atomic mass is 16.5. The first-order valence-corrected chi connectivity index (χ1v) is 9.60. The summed E-state index contributed by atoms with van der Waals surface area (Å²) in [6, 6.07) is 7.59. The molecule has 3 nitrogen and oxygen atoms in total. The first-order chi connectivity index (χ1) is 11.7. The van der Waals surface area contributed by atoms with Gasteiger partial charge in [0.05, 0.1) is 17.9 Å². The van der Waals surface area contributed by atoms with Crippen molar-refractivity contribution in [1.29, 1.82) is 0 Å². The minimum Gasteiger partial charge on any atom is -0.462 e. The summed E-state index contributed by atoms with van der Waals surface area (Å²) in [5.74, 6) is -0.213. The summed E-state index contributed by atoms with van der Waals surface area (Å²) in [6.07, 6.45) is 12.9. The van der Waals surface area contributed by atoms with Crippen LogP contribution in [-0.2, 0) is 4.74 Å². The van der Waals surface area contributed by atoms with Gasteiger partial charge in [0.2, 0.25) is 0 Å². The highest BCUT2D eigenvalue weighted by molar-refractivity contribution is 5.95. The third-order valence-electron chi connectivity index (χ3n) is 4.34. The molecular weight excluding hydrogens is 298 g/mol. The summed E-state index contributed by atoms with van der Waals surface area (Å²) < 4.78 is 5.43. The summed E-state index contributed by atoms with van der Waals surface area (Å²) in [6.45, 7) is 2.78. The van der Waals surface area contributed by atoms with Crippen LogP contribution >= 0.6 is 0 Å². The Bertz CT molecular complexity index is 457. The van der Waals surface area contributed by atoms with Crippen molar-refractivity contribution in [2.24, 2.45) is 0 Å². The van der Waals surface area contributed by atoms with Gasteiger partial charge in [0.1, 0.15) is 0 Å². The zero-order valence-electron chi connectivity index (χ0n) is 15.9. The highest BCUT2D eigenvalue weighted by Crippen LogP contribution is 2.19. The van der Waals surface area contributed by atoms with Crippen molar-refractivity contribution in [1.82, 2.24) is 0 Å². The second kappa shape index (κ2) is 12.9. The Morgan fingerprint density at radius 2 is 1.42 bits per heavy atom. The summed E-state index contributed by atoms with van der Waals surface area (Å²) in [5, 5.41) is 0. The fourth-order valence-electron chi connectivity index (χ4n) is 2.87. The number of carbonyl (C=O) groups is 1. The first-order valence-electron chi connectivity index (χ1n) is 9.60. The second-order valence-electron chi connectivity index (χ2n) is 6.73. The van der Waals surface area contributed by atoms with E-state index in [9.17, 15) is 4.79 Å². The summed E-state index contributed by atoms with van der Waals surface area (Å²) >= 11 is 0. The number of carbonyl (C=O) groups excluding carboxylic acids is 1. The van der Waals surface area contributed by atoms with Crippen LogP contribution in [0.25, 0.3) is 0 Å². The monoisotopic (exact) mass is 333 g/mol. The number of benzene rings is 1. The molecule has 0 saturated heterocycles. The van der Waals surface area contributed by atoms with Crippen molar-refractivity contribution in [3.05, 3.63) is 29.8 Å². The SMILES string of the molecule is CCCCCCCCCCCCOC(=O)c1ccccc1N(C)C. The van der Waals surface area contributed by atoms with Crippen molar-refractivity contribution in [2.45, 2.75) is 71.1 Å². The molecule has 1 aromatic rings. The predicted molar refractivity (Wildman–Crippen MR) is 103 cm³/mol. The first kappa shape index (κ1) is 20.5. The van der Waals surface area contributed by atoms with Crippen LogP contribution in [0.1, 0.15) is 81.5 Å². The van der Waals surface area contributed by atoms with Gasteiger partial charge in [0, 0.05) is 14.1 Å². The predicted octanol–water partition coefficient (Wildman–Crippen LogP) is 5.83. The quantitative estimate of drug-likeness (QED) is 0.336. The standard InChI is InChI=1S/C21H35NO2/c1-4-5-6-7-8-9-10-11-12-15-18-24-21(23)19-16-13-14-17-20(19)22(2)3/h13-14,16-17H,4-12,15,18H2,1-3H3. The Balaban J connectivity index is 2.08.